The molecule has 0 amide bonds. The van der Waals surface area contributed by atoms with E-state index >= 15 is 0 Å². The molecule has 0 unspecified atom stereocenters. The number of aryl methyl sites for hydroxylation is 4. The van der Waals surface area contributed by atoms with Gasteiger partial charge in [0.05, 0.1) is 21.9 Å². The molecule has 0 spiro atoms. The van der Waals surface area contributed by atoms with Gasteiger partial charge in [-0.1, -0.05) is 0 Å². The highest BCUT2D eigenvalue weighted by Crippen LogP contribution is 2.20. The summed E-state index contributed by atoms with van der Waals surface area (Å²) in [4.78, 5) is 0. The predicted octanol–water partition coefficient (Wildman–Crippen LogP) is 1.98. The van der Waals surface area contributed by atoms with E-state index in [1.165, 1.54) is 0 Å². The first-order chi connectivity index (χ1) is 9.61. The molecule has 0 aliphatic heterocycles. The molecule has 0 fully saturated rings. The summed E-state index contributed by atoms with van der Waals surface area (Å²) < 4.78 is 10.2. The van der Waals surface area contributed by atoms with Gasteiger partial charge in [0, 0.05) is 32.4 Å². The fraction of sp³-hybridized carbons (Fsp3) is 0.333. The van der Waals surface area contributed by atoms with E-state index in [9.17, 15) is 0 Å². The van der Waals surface area contributed by atoms with Gasteiger partial charge >= 0.3 is 0 Å². The van der Waals surface area contributed by atoms with Crippen LogP contribution in [0, 0.1) is 6.92 Å². The second-order valence-electron chi connectivity index (χ2n) is 4.47. The highest BCUT2D eigenvalue weighted by atomic mass is 79.9. The molecule has 7 nitrogen and oxygen atoms in total. The lowest BCUT2D eigenvalue weighted by molar-refractivity contribution is 0.475. The van der Waals surface area contributed by atoms with E-state index < -0.39 is 0 Å². The number of hydrogen-bond donors (Lipinski definition) is 0. The van der Waals surface area contributed by atoms with Crippen LogP contribution in [0.1, 0.15) is 11.6 Å². The number of nitrogens with zero attached hydrogens (tertiary/aromatic N) is 6. The molecule has 3 rings (SSSR count). The van der Waals surface area contributed by atoms with Crippen LogP contribution in [0.5, 0.6) is 0 Å². The first-order valence-corrected chi connectivity index (χ1v) is 6.92. The molecule has 0 aliphatic rings. The summed E-state index contributed by atoms with van der Waals surface area (Å²) in [5, 5.41) is 16.6. The third-order valence-corrected chi connectivity index (χ3v) is 3.28. The Morgan fingerprint density at radius 2 is 2.15 bits per heavy atom. The molecular weight excluding hydrogens is 324 g/mol. The van der Waals surface area contributed by atoms with Gasteiger partial charge in [0.1, 0.15) is 0 Å². The van der Waals surface area contributed by atoms with Crippen molar-refractivity contribution < 1.29 is 4.42 Å². The van der Waals surface area contributed by atoms with Gasteiger partial charge in [-0.25, -0.2) is 0 Å². The minimum atomic E-state index is 0.507. The van der Waals surface area contributed by atoms with Gasteiger partial charge in [-0.2, -0.15) is 10.2 Å². The fourth-order valence-electron chi connectivity index (χ4n) is 1.94. The highest BCUT2D eigenvalue weighted by Gasteiger charge is 2.13. The van der Waals surface area contributed by atoms with Gasteiger partial charge in [-0.3, -0.25) is 9.36 Å². The summed E-state index contributed by atoms with van der Waals surface area (Å²) in [6, 6.07) is 0. The molecule has 0 bridgehead atoms. The van der Waals surface area contributed by atoms with Crippen LogP contribution < -0.4 is 0 Å². The van der Waals surface area contributed by atoms with E-state index in [0.29, 0.717) is 24.7 Å². The van der Waals surface area contributed by atoms with Gasteiger partial charge in [-0.05, 0) is 22.9 Å². The van der Waals surface area contributed by atoms with Crippen molar-refractivity contribution in [3.05, 3.63) is 34.6 Å². The monoisotopic (exact) mass is 336 g/mol. The maximum absolute atomic E-state index is 5.66. The lowest BCUT2D eigenvalue weighted by Gasteiger charge is -1.96. The number of rotatable bonds is 4. The Labute approximate surface area is 123 Å². The van der Waals surface area contributed by atoms with E-state index in [4.69, 9.17) is 4.42 Å². The zero-order chi connectivity index (χ0) is 14.1. The van der Waals surface area contributed by atoms with Gasteiger partial charge in [0.2, 0.25) is 5.89 Å². The molecule has 0 atom stereocenters. The van der Waals surface area contributed by atoms with Crippen LogP contribution in [0.3, 0.4) is 0 Å². The SMILES string of the molecule is Cc1nn(C)cc1-c1nnc(CCn2cc(Br)cn2)o1. The Bertz CT molecular complexity index is 728. The fourth-order valence-corrected chi connectivity index (χ4v) is 2.27. The van der Waals surface area contributed by atoms with Crippen LogP contribution in [0.15, 0.2) is 27.5 Å². The molecule has 8 heteroatoms. The van der Waals surface area contributed by atoms with E-state index in [0.717, 1.165) is 15.7 Å². The quantitative estimate of drug-likeness (QED) is 0.728. The van der Waals surface area contributed by atoms with Crippen molar-refractivity contribution >= 4 is 15.9 Å². The Kier molecular flexibility index (Phi) is 3.39. The maximum Gasteiger partial charge on any atom is 0.251 e. The van der Waals surface area contributed by atoms with Crippen LogP contribution in [-0.2, 0) is 20.0 Å². The van der Waals surface area contributed by atoms with Crippen LogP contribution >= 0.6 is 15.9 Å². The summed E-state index contributed by atoms with van der Waals surface area (Å²) in [7, 11) is 1.86. The van der Waals surface area contributed by atoms with E-state index in [1.807, 2.05) is 31.0 Å². The van der Waals surface area contributed by atoms with Crippen molar-refractivity contribution in [3.8, 4) is 11.5 Å². The molecule has 0 saturated heterocycles. The van der Waals surface area contributed by atoms with Gasteiger partial charge in [-0.15, -0.1) is 10.2 Å². The number of aromatic nitrogens is 6. The standard InChI is InChI=1S/C12H13BrN6O/c1-8-10(7-18(2)17-8)12-16-15-11(20-12)3-4-19-6-9(13)5-14-19/h5-7H,3-4H2,1-2H3. The second kappa shape index (κ2) is 5.20. The average molecular weight is 337 g/mol. The third-order valence-electron chi connectivity index (χ3n) is 2.87. The van der Waals surface area contributed by atoms with Gasteiger partial charge in [0.15, 0.2) is 0 Å². The van der Waals surface area contributed by atoms with Crippen LogP contribution in [0.2, 0.25) is 0 Å². The van der Waals surface area contributed by atoms with Crippen molar-refractivity contribution in [3.63, 3.8) is 0 Å². The Morgan fingerprint density at radius 3 is 2.80 bits per heavy atom. The zero-order valence-corrected chi connectivity index (χ0v) is 12.7. The van der Waals surface area contributed by atoms with Crippen LogP contribution in [0.4, 0.5) is 0 Å². The van der Waals surface area contributed by atoms with E-state index in [2.05, 4.69) is 36.3 Å². The molecule has 0 aromatic carbocycles. The second-order valence-corrected chi connectivity index (χ2v) is 5.39. The van der Waals surface area contributed by atoms with E-state index in [-0.39, 0.29) is 0 Å². The molecule has 0 aliphatic carbocycles. The summed E-state index contributed by atoms with van der Waals surface area (Å²) in [5.41, 5.74) is 1.74. The first-order valence-electron chi connectivity index (χ1n) is 6.13. The van der Waals surface area contributed by atoms with Crippen molar-refractivity contribution in [1.82, 2.24) is 29.8 Å². The molecule has 20 heavy (non-hydrogen) atoms. The lowest BCUT2D eigenvalue weighted by atomic mass is 10.3. The number of hydrogen-bond acceptors (Lipinski definition) is 5. The van der Waals surface area contributed by atoms with Gasteiger partial charge in [0.25, 0.3) is 5.89 Å². The maximum atomic E-state index is 5.66. The Balaban J connectivity index is 1.72. The van der Waals surface area contributed by atoms with Crippen LogP contribution in [0.25, 0.3) is 11.5 Å². The van der Waals surface area contributed by atoms with Crippen LogP contribution in [-0.4, -0.2) is 29.8 Å². The van der Waals surface area contributed by atoms with Gasteiger partial charge < -0.3 is 4.42 Å². The third kappa shape index (κ3) is 2.64. The summed E-state index contributed by atoms with van der Waals surface area (Å²) in [6.07, 6.45) is 6.17. The summed E-state index contributed by atoms with van der Waals surface area (Å²) >= 11 is 3.36. The van der Waals surface area contributed by atoms with Crippen molar-refractivity contribution in [2.75, 3.05) is 0 Å². The smallest absolute Gasteiger partial charge is 0.251 e. The first kappa shape index (κ1) is 13.0. The molecule has 3 aromatic rings. The van der Waals surface area contributed by atoms with Crippen molar-refractivity contribution in [2.24, 2.45) is 7.05 Å². The Hall–Kier alpha value is -1.96. The molecule has 104 valence electrons. The number of halogens is 1. The molecule has 3 aromatic heterocycles. The summed E-state index contributed by atoms with van der Waals surface area (Å²) in [6.45, 7) is 2.61. The molecule has 0 N–H and O–H groups in total. The lowest BCUT2D eigenvalue weighted by Crippen LogP contribution is -2.01. The van der Waals surface area contributed by atoms with Crippen molar-refractivity contribution in [2.45, 2.75) is 19.9 Å². The predicted molar refractivity (Wildman–Crippen MR) is 74.9 cm³/mol. The highest BCUT2D eigenvalue weighted by molar-refractivity contribution is 9.10. The zero-order valence-electron chi connectivity index (χ0n) is 11.1. The molecular formula is C12H13BrN6O. The summed E-state index contributed by atoms with van der Waals surface area (Å²) in [5.74, 6) is 1.10. The van der Waals surface area contributed by atoms with E-state index in [1.54, 1.807) is 10.9 Å². The topological polar surface area (TPSA) is 74.6 Å². The minimum absolute atomic E-state index is 0.507. The average Bonchev–Trinajstić information content (AvgIpc) is 3.08. The normalized spacial score (nSPS) is 11.2. The Morgan fingerprint density at radius 1 is 1.30 bits per heavy atom. The minimum Gasteiger partial charge on any atom is -0.421 e. The largest absolute Gasteiger partial charge is 0.421 e. The molecule has 3 heterocycles. The molecule has 0 radical (unpaired) electrons. The molecule has 0 saturated carbocycles. The van der Waals surface area contributed by atoms with Crippen molar-refractivity contribution in [1.29, 1.82) is 0 Å².